The van der Waals surface area contributed by atoms with Gasteiger partial charge in [-0.2, -0.15) is 17.5 Å². The van der Waals surface area contributed by atoms with Crippen LogP contribution < -0.4 is 5.32 Å². The van der Waals surface area contributed by atoms with Gasteiger partial charge in [-0.05, 0) is 57.0 Å². The summed E-state index contributed by atoms with van der Waals surface area (Å²) in [5.41, 5.74) is -0.851. The van der Waals surface area contributed by atoms with E-state index in [0.29, 0.717) is 0 Å². The maximum atomic E-state index is 12.9. The third-order valence-corrected chi connectivity index (χ3v) is 6.42. The zero-order chi connectivity index (χ0) is 16.7. The van der Waals surface area contributed by atoms with Gasteiger partial charge in [0.15, 0.2) is 0 Å². The van der Waals surface area contributed by atoms with Crippen LogP contribution in [0.5, 0.6) is 0 Å². The number of nitrogens with zero attached hydrogens (tertiary/aromatic N) is 1. The lowest BCUT2D eigenvalue weighted by Crippen LogP contribution is -2.45. The summed E-state index contributed by atoms with van der Waals surface area (Å²) in [6.07, 6.45) is -1.24. The lowest BCUT2D eigenvalue weighted by molar-refractivity contribution is -0.137. The molecule has 1 aliphatic heterocycles. The van der Waals surface area contributed by atoms with Crippen molar-refractivity contribution in [1.29, 1.82) is 0 Å². The standard InChI is InChI=1S/C15H21F3N2O2S/c16-15(17,18)11-2-1-3-14(10-11)23(21,22)20(12-4-5-12)13-6-8-19-9-7-13/h1-3,10,12-13,19,21-22H,4-9H2. The molecule has 0 unspecified atom stereocenters. The predicted molar refractivity (Wildman–Crippen MR) is 83.3 cm³/mol. The Labute approximate surface area is 135 Å². The summed E-state index contributed by atoms with van der Waals surface area (Å²) in [5.74, 6) is 0. The summed E-state index contributed by atoms with van der Waals surface area (Å²) in [6, 6.07) is 4.47. The van der Waals surface area contributed by atoms with E-state index >= 15 is 0 Å². The van der Waals surface area contributed by atoms with Gasteiger partial charge in [0.05, 0.1) is 10.5 Å². The van der Waals surface area contributed by atoms with Gasteiger partial charge in [-0.25, -0.2) is 0 Å². The normalized spacial score (nSPS) is 21.7. The molecule has 1 heterocycles. The second kappa shape index (κ2) is 6.25. The molecule has 2 aliphatic rings. The van der Waals surface area contributed by atoms with Gasteiger partial charge in [0, 0.05) is 12.1 Å². The monoisotopic (exact) mass is 350 g/mol. The van der Waals surface area contributed by atoms with Gasteiger partial charge in [0.1, 0.15) is 0 Å². The first kappa shape index (κ1) is 17.0. The average Bonchev–Trinajstić information content (AvgIpc) is 3.32. The Morgan fingerprint density at radius 1 is 1.04 bits per heavy atom. The van der Waals surface area contributed by atoms with Crippen LogP contribution in [-0.4, -0.2) is 38.6 Å². The first-order chi connectivity index (χ1) is 10.8. The number of hydrogen-bond donors (Lipinski definition) is 3. The van der Waals surface area contributed by atoms with Crippen molar-refractivity contribution in [2.45, 2.75) is 48.8 Å². The Hall–Kier alpha value is -0.800. The number of hydrogen-bond acceptors (Lipinski definition) is 4. The Morgan fingerprint density at radius 3 is 2.22 bits per heavy atom. The van der Waals surface area contributed by atoms with Crippen LogP contribution in [0.1, 0.15) is 31.2 Å². The summed E-state index contributed by atoms with van der Waals surface area (Å²) in [4.78, 5) is -0.0437. The number of halogens is 3. The van der Waals surface area contributed by atoms with Crippen molar-refractivity contribution in [2.75, 3.05) is 13.1 Å². The molecule has 0 radical (unpaired) electrons. The van der Waals surface area contributed by atoms with Crippen molar-refractivity contribution < 1.29 is 22.3 Å². The fraction of sp³-hybridized carbons (Fsp3) is 0.600. The van der Waals surface area contributed by atoms with E-state index in [-0.39, 0.29) is 17.0 Å². The van der Waals surface area contributed by atoms with Gasteiger partial charge in [-0.1, -0.05) is 6.07 Å². The Morgan fingerprint density at radius 2 is 1.65 bits per heavy atom. The molecule has 0 amide bonds. The van der Waals surface area contributed by atoms with E-state index in [1.807, 2.05) is 0 Å². The first-order valence-corrected chi connectivity index (χ1v) is 9.25. The summed E-state index contributed by atoms with van der Waals surface area (Å²) in [5, 5.41) is 3.22. The smallest absolute Gasteiger partial charge is 0.317 e. The molecule has 3 N–H and O–H groups in total. The number of nitrogens with one attached hydrogen (secondary N) is 1. The Bertz CT molecular complexity index is 558. The highest BCUT2D eigenvalue weighted by molar-refractivity contribution is 8.22. The van der Waals surface area contributed by atoms with Crippen LogP contribution in [0.15, 0.2) is 29.2 Å². The number of piperidine rings is 1. The van der Waals surface area contributed by atoms with Crippen LogP contribution in [0, 0.1) is 0 Å². The highest BCUT2D eigenvalue weighted by Gasteiger charge is 2.43. The molecule has 0 atom stereocenters. The summed E-state index contributed by atoms with van der Waals surface area (Å²) in [6.45, 7) is 1.57. The molecule has 1 aromatic rings. The van der Waals surface area contributed by atoms with E-state index in [1.54, 1.807) is 4.31 Å². The summed E-state index contributed by atoms with van der Waals surface area (Å²) >= 11 is 0. The van der Waals surface area contributed by atoms with E-state index in [0.717, 1.165) is 50.9 Å². The average molecular weight is 350 g/mol. The molecule has 1 aliphatic carbocycles. The van der Waals surface area contributed by atoms with E-state index in [9.17, 15) is 22.3 Å². The van der Waals surface area contributed by atoms with Crippen LogP contribution >= 0.6 is 10.8 Å². The molecule has 1 aromatic carbocycles. The predicted octanol–water partition coefficient (Wildman–Crippen LogP) is 3.95. The minimum Gasteiger partial charge on any atom is -0.317 e. The molecule has 130 valence electrons. The van der Waals surface area contributed by atoms with Crippen molar-refractivity contribution in [2.24, 2.45) is 0 Å². The molecule has 2 fully saturated rings. The van der Waals surface area contributed by atoms with Crippen LogP contribution in [-0.2, 0) is 6.18 Å². The topological polar surface area (TPSA) is 55.7 Å². The molecule has 8 heteroatoms. The molecule has 3 rings (SSSR count). The quantitative estimate of drug-likeness (QED) is 0.770. The van der Waals surface area contributed by atoms with Crippen LogP contribution in [0.3, 0.4) is 0 Å². The van der Waals surface area contributed by atoms with E-state index in [4.69, 9.17) is 0 Å². The molecule has 0 bridgehead atoms. The maximum Gasteiger partial charge on any atom is 0.416 e. The molecular weight excluding hydrogens is 329 g/mol. The van der Waals surface area contributed by atoms with Gasteiger partial charge in [0.25, 0.3) is 0 Å². The molecule has 23 heavy (non-hydrogen) atoms. The molecule has 0 aromatic heterocycles. The maximum absolute atomic E-state index is 12.9. The number of rotatable bonds is 4. The van der Waals surface area contributed by atoms with Gasteiger partial charge in [-0.3, -0.25) is 9.11 Å². The fourth-order valence-electron chi connectivity index (χ4n) is 3.07. The lowest BCUT2D eigenvalue weighted by atomic mass is 10.1. The fourth-order valence-corrected chi connectivity index (χ4v) is 5.11. The Kier molecular flexibility index (Phi) is 4.63. The van der Waals surface area contributed by atoms with Crippen LogP contribution in [0.2, 0.25) is 0 Å². The number of benzene rings is 1. The lowest BCUT2D eigenvalue weighted by Gasteiger charge is -2.48. The highest BCUT2D eigenvalue weighted by Crippen LogP contribution is 2.58. The van der Waals surface area contributed by atoms with Gasteiger partial charge < -0.3 is 5.32 Å². The minimum atomic E-state index is -4.50. The van der Waals surface area contributed by atoms with Crippen LogP contribution in [0.4, 0.5) is 13.2 Å². The second-order valence-corrected chi connectivity index (χ2v) is 8.05. The van der Waals surface area contributed by atoms with Gasteiger partial charge >= 0.3 is 6.18 Å². The van der Waals surface area contributed by atoms with Crippen molar-refractivity contribution >= 4 is 10.8 Å². The van der Waals surface area contributed by atoms with Gasteiger partial charge in [-0.15, -0.1) is 10.8 Å². The molecular formula is C15H21F3N2O2S. The molecule has 1 saturated heterocycles. The zero-order valence-corrected chi connectivity index (χ0v) is 13.4. The molecule has 0 spiro atoms. The number of alkyl halides is 3. The van der Waals surface area contributed by atoms with E-state index < -0.39 is 22.5 Å². The SMILES string of the molecule is OS(O)(c1cccc(C(F)(F)F)c1)N(C1CCNCC1)C1CC1. The third-order valence-electron chi connectivity index (χ3n) is 4.35. The minimum absolute atomic E-state index is 0.0108. The van der Waals surface area contributed by atoms with Crippen LogP contribution in [0.25, 0.3) is 0 Å². The van der Waals surface area contributed by atoms with Crippen molar-refractivity contribution in [3.05, 3.63) is 29.8 Å². The summed E-state index contributed by atoms with van der Waals surface area (Å²) < 4.78 is 62.0. The van der Waals surface area contributed by atoms with Crippen molar-refractivity contribution in [3.63, 3.8) is 0 Å². The van der Waals surface area contributed by atoms with Crippen molar-refractivity contribution in [3.8, 4) is 0 Å². The van der Waals surface area contributed by atoms with E-state index in [1.165, 1.54) is 12.1 Å². The third kappa shape index (κ3) is 3.66. The van der Waals surface area contributed by atoms with E-state index in [2.05, 4.69) is 5.32 Å². The zero-order valence-electron chi connectivity index (χ0n) is 12.6. The second-order valence-electron chi connectivity index (χ2n) is 6.12. The van der Waals surface area contributed by atoms with Gasteiger partial charge in [0.2, 0.25) is 0 Å². The first-order valence-electron chi connectivity index (χ1n) is 7.75. The Balaban J connectivity index is 1.91. The van der Waals surface area contributed by atoms with Crippen molar-refractivity contribution in [1.82, 2.24) is 9.62 Å². The highest BCUT2D eigenvalue weighted by atomic mass is 32.3. The molecule has 1 saturated carbocycles. The largest absolute Gasteiger partial charge is 0.416 e. The summed E-state index contributed by atoms with van der Waals surface area (Å²) in [7, 11) is -3.41. The molecule has 4 nitrogen and oxygen atoms in total.